The van der Waals surface area contributed by atoms with Gasteiger partial charge in [0.1, 0.15) is 5.75 Å². The second kappa shape index (κ2) is 12.1. The van der Waals surface area contributed by atoms with Gasteiger partial charge in [-0.15, -0.1) is 0 Å². The summed E-state index contributed by atoms with van der Waals surface area (Å²) < 4.78 is 11.0. The molecule has 2 aromatic rings. The van der Waals surface area contributed by atoms with E-state index in [2.05, 4.69) is 24.4 Å². The number of anilines is 2. The predicted molar refractivity (Wildman–Crippen MR) is 152 cm³/mol. The molecule has 2 aliphatic carbocycles. The van der Waals surface area contributed by atoms with E-state index < -0.39 is 0 Å². The maximum atomic E-state index is 13.5. The number of carbonyl (C=O) groups is 2. The molecule has 0 saturated heterocycles. The van der Waals surface area contributed by atoms with Crippen molar-refractivity contribution in [2.24, 2.45) is 5.92 Å². The van der Waals surface area contributed by atoms with Gasteiger partial charge in [-0.1, -0.05) is 31.4 Å². The Bertz CT molecular complexity index is 1170. The van der Waals surface area contributed by atoms with Crippen molar-refractivity contribution in [2.45, 2.75) is 77.2 Å². The quantitative estimate of drug-likeness (QED) is 0.323. The SMILES string of the molecule is CCOC(=O)CC(c1cc(N)c(NC)c(OC)c1)c1ccc(C)c2c1CCC2N(C)C(=O)C1CCCCC1. The number of hydrogen-bond donors (Lipinski definition) is 2. The molecule has 4 rings (SSSR count). The lowest BCUT2D eigenvalue weighted by atomic mass is 9.82. The van der Waals surface area contributed by atoms with E-state index in [-0.39, 0.29) is 36.2 Å². The van der Waals surface area contributed by atoms with Crippen LogP contribution in [0.15, 0.2) is 24.3 Å². The highest BCUT2D eigenvalue weighted by Gasteiger charge is 2.36. The first-order valence-corrected chi connectivity index (χ1v) is 14.0. The molecule has 1 fully saturated rings. The molecule has 0 radical (unpaired) electrons. The summed E-state index contributed by atoms with van der Waals surface area (Å²) in [6, 6.07) is 8.21. The number of rotatable bonds is 9. The molecule has 2 unspecified atom stereocenters. The predicted octanol–water partition coefficient (Wildman–Crippen LogP) is 5.74. The van der Waals surface area contributed by atoms with Gasteiger partial charge in [-0.2, -0.15) is 0 Å². The minimum atomic E-state index is -0.249. The fraction of sp³-hybridized carbons (Fsp3) is 0.548. The Morgan fingerprint density at radius 1 is 1.16 bits per heavy atom. The lowest BCUT2D eigenvalue weighted by molar-refractivity contribution is -0.143. The molecule has 1 saturated carbocycles. The topological polar surface area (TPSA) is 93.9 Å². The molecule has 7 nitrogen and oxygen atoms in total. The smallest absolute Gasteiger partial charge is 0.306 e. The van der Waals surface area contributed by atoms with E-state index in [9.17, 15) is 9.59 Å². The number of amides is 1. The Morgan fingerprint density at radius 3 is 2.55 bits per heavy atom. The molecule has 2 aliphatic rings. The van der Waals surface area contributed by atoms with Crippen LogP contribution in [-0.4, -0.2) is 44.6 Å². The number of fused-ring (bicyclic) bond motifs is 1. The van der Waals surface area contributed by atoms with Crippen molar-refractivity contribution < 1.29 is 19.1 Å². The number of esters is 1. The van der Waals surface area contributed by atoms with Gasteiger partial charge in [0.25, 0.3) is 0 Å². The summed E-state index contributed by atoms with van der Waals surface area (Å²) in [7, 11) is 5.40. The first-order valence-electron chi connectivity index (χ1n) is 14.0. The van der Waals surface area contributed by atoms with Gasteiger partial charge in [0.05, 0.1) is 37.6 Å². The van der Waals surface area contributed by atoms with E-state index in [1.807, 2.05) is 38.1 Å². The van der Waals surface area contributed by atoms with Gasteiger partial charge in [0, 0.05) is 25.9 Å². The molecule has 0 aromatic heterocycles. The van der Waals surface area contributed by atoms with Crippen LogP contribution in [-0.2, 0) is 20.7 Å². The van der Waals surface area contributed by atoms with Crippen LogP contribution in [0.5, 0.6) is 5.75 Å². The summed E-state index contributed by atoms with van der Waals surface area (Å²) in [5, 5.41) is 3.11. The molecule has 2 aromatic carbocycles. The molecule has 2 atom stereocenters. The van der Waals surface area contributed by atoms with Crippen molar-refractivity contribution >= 4 is 23.3 Å². The third-order valence-electron chi connectivity index (χ3n) is 8.46. The fourth-order valence-electron chi connectivity index (χ4n) is 6.55. The third kappa shape index (κ3) is 5.47. The highest BCUT2D eigenvalue weighted by atomic mass is 16.5. The summed E-state index contributed by atoms with van der Waals surface area (Å²) in [5.74, 6) is 0.551. The zero-order valence-corrected chi connectivity index (χ0v) is 23.6. The van der Waals surface area contributed by atoms with Crippen LogP contribution in [0, 0.1) is 12.8 Å². The van der Waals surface area contributed by atoms with Crippen LogP contribution in [0.3, 0.4) is 0 Å². The van der Waals surface area contributed by atoms with Crippen LogP contribution in [0.25, 0.3) is 0 Å². The lowest BCUT2D eigenvalue weighted by Gasteiger charge is -2.32. The Morgan fingerprint density at radius 2 is 1.89 bits per heavy atom. The maximum absolute atomic E-state index is 13.5. The highest BCUT2D eigenvalue weighted by molar-refractivity contribution is 5.80. The maximum Gasteiger partial charge on any atom is 0.306 e. The number of nitrogens with zero attached hydrogens (tertiary/aromatic N) is 1. The van der Waals surface area contributed by atoms with Crippen LogP contribution in [0.2, 0.25) is 0 Å². The lowest BCUT2D eigenvalue weighted by Crippen LogP contribution is -2.36. The van der Waals surface area contributed by atoms with Crippen LogP contribution >= 0.6 is 0 Å². The largest absolute Gasteiger partial charge is 0.494 e. The number of carbonyl (C=O) groups excluding carboxylic acids is 2. The van der Waals surface area contributed by atoms with Crippen LogP contribution < -0.4 is 15.8 Å². The van der Waals surface area contributed by atoms with E-state index in [0.717, 1.165) is 55.3 Å². The molecule has 0 bridgehead atoms. The average Bonchev–Trinajstić information content (AvgIpc) is 3.38. The Kier molecular flexibility index (Phi) is 8.85. The van der Waals surface area contributed by atoms with E-state index in [1.54, 1.807) is 7.11 Å². The van der Waals surface area contributed by atoms with Gasteiger partial charge in [-0.3, -0.25) is 9.59 Å². The average molecular weight is 522 g/mol. The van der Waals surface area contributed by atoms with Crippen molar-refractivity contribution in [1.82, 2.24) is 4.90 Å². The summed E-state index contributed by atoms with van der Waals surface area (Å²) in [5.41, 5.74) is 13.4. The van der Waals surface area contributed by atoms with E-state index in [0.29, 0.717) is 18.0 Å². The molecular formula is C31H43N3O4. The summed E-state index contributed by atoms with van der Waals surface area (Å²) >= 11 is 0. The normalized spacial score (nSPS) is 18.0. The summed E-state index contributed by atoms with van der Waals surface area (Å²) in [6.45, 7) is 4.28. The molecular weight excluding hydrogens is 478 g/mol. The molecule has 3 N–H and O–H groups in total. The fourth-order valence-corrected chi connectivity index (χ4v) is 6.55. The summed E-state index contributed by atoms with van der Waals surface area (Å²) in [6.07, 6.45) is 7.45. The molecule has 0 aliphatic heterocycles. The minimum absolute atomic E-state index is 0.0499. The number of aryl methyl sites for hydroxylation is 1. The zero-order chi connectivity index (χ0) is 27.4. The number of nitrogens with two attached hydrogens (primary N) is 1. The van der Waals surface area contributed by atoms with Crippen molar-refractivity contribution in [3.8, 4) is 5.75 Å². The van der Waals surface area contributed by atoms with Crippen molar-refractivity contribution in [1.29, 1.82) is 0 Å². The van der Waals surface area contributed by atoms with E-state index in [1.165, 1.54) is 23.1 Å². The number of nitrogen functional groups attached to an aromatic ring is 1. The van der Waals surface area contributed by atoms with Crippen molar-refractivity contribution in [3.05, 3.63) is 52.1 Å². The Labute approximate surface area is 227 Å². The van der Waals surface area contributed by atoms with Gasteiger partial charge >= 0.3 is 5.97 Å². The second-order valence-electron chi connectivity index (χ2n) is 10.7. The second-order valence-corrected chi connectivity index (χ2v) is 10.7. The minimum Gasteiger partial charge on any atom is -0.494 e. The van der Waals surface area contributed by atoms with Crippen LogP contribution in [0.1, 0.15) is 91.6 Å². The third-order valence-corrected chi connectivity index (χ3v) is 8.46. The number of ether oxygens (including phenoxy) is 2. The standard InChI is InChI=1S/C31H43N3O4/c1-6-38-28(35)18-24(21-16-25(32)30(33-3)27(17-21)37-5)22-13-12-19(2)29-23(22)14-15-26(29)34(4)31(36)20-10-8-7-9-11-20/h12-13,16-17,20,24,26,33H,6-11,14-15,18,32H2,1-5H3. The highest BCUT2D eigenvalue weighted by Crippen LogP contribution is 2.45. The van der Waals surface area contributed by atoms with Crippen molar-refractivity contribution in [3.63, 3.8) is 0 Å². The first kappa shape index (κ1) is 27.8. The number of hydrogen-bond acceptors (Lipinski definition) is 6. The van der Waals surface area contributed by atoms with Gasteiger partial charge < -0.3 is 25.4 Å². The number of methoxy groups -OCH3 is 1. The molecule has 0 heterocycles. The first-order chi connectivity index (χ1) is 18.3. The Balaban J connectivity index is 1.76. The van der Waals surface area contributed by atoms with E-state index in [4.69, 9.17) is 15.2 Å². The molecule has 7 heteroatoms. The van der Waals surface area contributed by atoms with Gasteiger partial charge in [0.15, 0.2) is 0 Å². The van der Waals surface area contributed by atoms with Crippen LogP contribution in [0.4, 0.5) is 11.4 Å². The molecule has 206 valence electrons. The van der Waals surface area contributed by atoms with Gasteiger partial charge in [-0.25, -0.2) is 0 Å². The molecule has 38 heavy (non-hydrogen) atoms. The zero-order valence-electron chi connectivity index (χ0n) is 23.6. The monoisotopic (exact) mass is 521 g/mol. The molecule has 1 amide bonds. The van der Waals surface area contributed by atoms with Gasteiger partial charge in [0.2, 0.25) is 5.91 Å². The number of benzene rings is 2. The van der Waals surface area contributed by atoms with Gasteiger partial charge in [-0.05, 0) is 79.5 Å². The number of nitrogens with one attached hydrogen (secondary N) is 1. The Hall–Kier alpha value is -3.22. The van der Waals surface area contributed by atoms with Crippen molar-refractivity contribution in [2.75, 3.05) is 38.9 Å². The van der Waals surface area contributed by atoms with E-state index >= 15 is 0 Å². The molecule has 0 spiro atoms. The summed E-state index contributed by atoms with van der Waals surface area (Å²) in [4.78, 5) is 28.3.